The fourth-order valence-corrected chi connectivity index (χ4v) is 4.88. The van der Waals surface area contributed by atoms with Gasteiger partial charge in [-0.3, -0.25) is 14.5 Å². The van der Waals surface area contributed by atoms with Crippen molar-refractivity contribution in [3.05, 3.63) is 97.1 Å². The SMILES string of the molecule is COc1cc(/C=C2\SC(=O)N(Cc3c(F)cccc3Cl)C2=O)cc(Cl)c1OCc1ccccc1Cl. The van der Waals surface area contributed by atoms with Gasteiger partial charge in [0.15, 0.2) is 11.5 Å². The van der Waals surface area contributed by atoms with Crippen LogP contribution in [0.25, 0.3) is 6.08 Å². The summed E-state index contributed by atoms with van der Waals surface area (Å²) in [6.45, 7) is -0.0982. The molecule has 180 valence electrons. The Balaban J connectivity index is 1.56. The van der Waals surface area contributed by atoms with E-state index in [1.807, 2.05) is 18.2 Å². The highest BCUT2D eigenvalue weighted by atomic mass is 35.5. The van der Waals surface area contributed by atoms with Crippen LogP contribution in [0.1, 0.15) is 16.7 Å². The Bertz CT molecular complexity index is 1330. The Morgan fingerprint density at radius 2 is 1.74 bits per heavy atom. The molecule has 10 heteroatoms. The molecule has 0 aliphatic carbocycles. The number of carbonyl (C=O) groups is 2. The lowest BCUT2D eigenvalue weighted by molar-refractivity contribution is -0.123. The molecule has 1 aliphatic heterocycles. The third-order valence-corrected chi connectivity index (χ3v) is 7.04. The molecule has 2 amide bonds. The van der Waals surface area contributed by atoms with E-state index in [1.165, 1.54) is 31.4 Å². The molecule has 0 aromatic heterocycles. The maximum Gasteiger partial charge on any atom is 0.293 e. The van der Waals surface area contributed by atoms with Crippen LogP contribution in [0.4, 0.5) is 9.18 Å². The van der Waals surface area contributed by atoms with Crippen molar-refractivity contribution >= 4 is 63.8 Å². The lowest BCUT2D eigenvalue weighted by Crippen LogP contribution is -2.28. The Hall–Kier alpha value is -2.71. The number of nitrogens with zero attached hydrogens (tertiary/aromatic N) is 1. The lowest BCUT2D eigenvalue weighted by atomic mass is 10.1. The van der Waals surface area contributed by atoms with Gasteiger partial charge in [-0.15, -0.1) is 0 Å². The lowest BCUT2D eigenvalue weighted by Gasteiger charge is -2.14. The highest BCUT2D eigenvalue weighted by molar-refractivity contribution is 8.18. The predicted octanol–water partition coefficient (Wildman–Crippen LogP) is 7.61. The van der Waals surface area contributed by atoms with Gasteiger partial charge in [-0.2, -0.15) is 0 Å². The number of amides is 2. The molecule has 1 fully saturated rings. The molecule has 3 aromatic carbocycles. The van der Waals surface area contributed by atoms with Crippen molar-refractivity contribution in [1.29, 1.82) is 0 Å². The maximum atomic E-state index is 14.2. The van der Waals surface area contributed by atoms with Gasteiger partial charge in [0.2, 0.25) is 0 Å². The number of thioether (sulfide) groups is 1. The number of carbonyl (C=O) groups excluding carboxylic acids is 2. The van der Waals surface area contributed by atoms with Gasteiger partial charge in [-0.1, -0.05) is 59.1 Å². The van der Waals surface area contributed by atoms with Crippen LogP contribution in [0.15, 0.2) is 59.5 Å². The van der Waals surface area contributed by atoms with Crippen LogP contribution in [0.5, 0.6) is 11.5 Å². The van der Waals surface area contributed by atoms with E-state index in [-0.39, 0.29) is 33.7 Å². The van der Waals surface area contributed by atoms with E-state index in [2.05, 4.69) is 0 Å². The molecule has 5 nitrogen and oxygen atoms in total. The van der Waals surface area contributed by atoms with Crippen molar-refractivity contribution in [3.8, 4) is 11.5 Å². The van der Waals surface area contributed by atoms with Crippen LogP contribution in [-0.4, -0.2) is 23.2 Å². The van der Waals surface area contributed by atoms with Crippen molar-refractivity contribution < 1.29 is 23.5 Å². The van der Waals surface area contributed by atoms with E-state index < -0.39 is 17.0 Å². The van der Waals surface area contributed by atoms with Gasteiger partial charge in [0, 0.05) is 21.2 Å². The molecule has 0 spiro atoms. The third-order valence-electron chi connectivity index (χ3n) is 5.13. The molecule has 3 aromatic rings. The smallest absolute Gasteiger partial charge is 0.293 e. The summed E-state index contributed by atoms with van der Waals surface area (Å²) < 4.78 is 25.4. The second-order valence-electron chi connectivity index (χ2n) is 7.38. The second-order valence-corrected chi connectivity index (χ2v) is 9.60. The van der Waals surface area contributed by atoms with E-state index in [0.717, 1.165) is 22.2 Å². The summed E-state index contributed by atoms with van der Waals surface area (Å²) in [6.07, 6.45) is 1.51. The van der Waals surface area contributed by atoms with E-state index in [4.69, 9.17) is 44.3 Å². The van der Waals surface area contributed by atoms with Crippen LogP contribution < -0.4 is 9.47 Å². The zero-order valence-corrected chi connectivity index (χ0v) is 21.3. The summed E-state index contributed by atoms with van der Waals surface area (Å²) in [6, 6.07) is 14.7. The molecule has 0 atom stereocenters. The number of ether oxygens (including phenoxy) is 2. The fraction of sp³-hybridized carbons (Fsp3) is 0.120. The molecule has 1 saturated heterocycles. The standard InChI is InChI=1S/C25H17Cl3FNO4S/c1-33-21-10-14(9-19(28)23(21)34-13-15-5-2-3-6-17(15)26)11-22-24(31)30(25(32)35-22)12-16-18(27)7-4-8-20(16)29/h2-11H,12-13H2,1H3/b22-11-. The molecule has 4 rings (SSSR count). The number of methoxy groups -OCH3 is 1. The molecule has 0 radical (unpaired) electrons. The van der Waals surface area contributed by atoms with Gasteiger partial charge in [-0.05, 0) is 53.7 Å². The minimum absolute atomic E-state index is 0.0717. The molecule has 0 saturated carbocycles. The minimum Gasteiger partial charge on any atom is -0.493 e. The highest BCUT2D eigenvalue weighted by Gasteiger charge is 2.36. The Labute approximate surface area is 220 Å². The monoisotopic (exact) mass is 551 g/mol. The minimum atomic E-state index is -0.593. The summed E-state index contributed by atoms with van der Waals surface area (Å²) in [5, 5.41) is 0.418. The molecular formula is C25H17Cl3FNO4S. The van der Waals surface area contributed by atoms with Gasteiger partial charge >= 0.3 is 0 Å². The van der Waals surface area contributed by atoms with Crippen molar-refractivity contribution in [1.82, 2.24) is 4.90 Å². The first-order valence-corrected chi connectivity index (χ1v) is 12.2. The first-order valence-electron chi connectivity index (χ1n) is 10.2. The van der Waals surface area contributed by atoms with Gasteiger partial charge in [0.1, 0.15) is 12.4 Å². The largest absolute Gasteiger partial charge is 0.493 e. The molecule has 0 bridgehead atoms. The number of imide groups is 1. The summed E-state index contributed by atoms with van der Waals surface area (Å²) >= 11 is 19.4. The van der Waals surface area contributed by atoms with Crippen molar-refractivity contribution in [2.75, 3.05) is 7.11 Å². The Kier molecular flexibility index (Phi) is 7.91. The molecule has 1 aliphatic rings. The van der Waals surface area contributed by atoms with Crippen LogP contribution in [0.3, 0.4) is 0 Å². The topological polar surface area (TPSA) is 55.8 Å². The first-order chi connectivity index (χ1) is 16.8. The van der Waals surface area contributed by atoms with Crippen molar-refractivity contribution in [3.63, 3.8) is 0 Å². The Morgan fingerprint density at radius 3 is 2.46 bits per heavy atom. The van der Waals surface area contributed by atoms with Crippen LogP contribution >= 0.6 is 46.6 Å². The van der Waals surface area contributed by atoms with Crippen LogP contribution in [-0.2, 0) is 17.9 Å². The van der Waals surface area contributed by atoms with Crippen molar-refractivity contribution in [2.24, 2.45) is 0 Å². The summed E-state index contributed by atoms with van der Waals surface area (Å²) in [5.41, 5.74) is 1.37. The maximum absolute atomic E-state index is 14.2. The van der Waals surface area contributed by atoms with Gasteiger partial charge in [0.25, 0.3) is 11.1 Å². The number of benzene rings is 3. The number of hydrogen-bond donors (Lipinski definition) is 0. The van der Waals surface area contributed by atoms with E-state index in [1.54, 1.807) is 18.2 Å². The number of rotatable bonds is 7. The average Bonchev–Trinajstić information content (AvgIpc) is 3.08. The van der Waals surface area contributed by atoms with E-state index in [0.29, 0.717) is 22.1 Å². The van der Waals surface area contributed by atoms with Crippen molar-refractivity contribution in [2.45, 2.75) is 13.2 Å². The first kappa shape index (κ1) is 25.4. The van der Waals surface area contributed by atoms with Gasteiger partial charge in [0.05, 0.1) is 23.6 Å². The molecule has 0 N–H and O–H groups in total. The zero-order chi connectivity index (χ0) is 25.1. The number of hydrogen-bond acceptors (Lipinski definition) is 5. The Morgan fingerprint density at radius 1 is 1.00 bits per heavy atom. The second kappa shape index (κ2) is 10.9. The normalized spacial score (nSPS) is 14.7. The van der Waals surface area contributed by atoms with Gasteiger partial charge < -0.3 is 9.47 Å². The average molecular weight is 553 g/mol. The summed E-state index contributed by atoms with van der Waals surface area (Å²) in [5.74, 6) is -0.500. The quantitative estimate of drug-likeness (QED) is 0.282. The predicted molar refractivity (Wildman–Crippen MR) is 137 cm³/mol. The van der Waals surface area contributed by atoms with Crippen LogP contribution in [0.2, 0.25) is 15.1 Å². The molecule has 35 heavy (non-hydrogen) atoms. The van der Waals surface area contributed by atoms with E-state index in [9.17, 15) is 14.0 Å². The number of halogens is 4. The zero-order valence-electron chi connectivity index (χ0n) is 18.2. The molecular weight excluding hydrogens is 536 g/mol. The van der Waals surface area contributed by atoms with Crippen LogP contribution in [0, 0.1) is 5.82 Å². The highest BCUT2D eigenvalue weighted by Crippen LogP contribution is 2.40. The third kappa shape index (κ3) is 5.59. The summed E-state index contributed by atoms with van der Waals surface area (Å²) in [4.78, 5) is 26.5. The van der Waals surface area contributed by atoms with E-state index >= 15 is 0 Å². The molecule has 0 unspecified atom stereocenters. The fourth-order valence-electron chi connectivity index (χ4n) is 3.36. The molecule has 1 heterocycles. The van der Waals surface area contributed by atoms with Gasteiger partial charge in [-0.25, -0.2) is 4.39 Å². The summed E-state index contributed by atoms with van der Waals surface area (Å²) in [7, 11) is 1.46.